The summed E-state index contributed by atoms with van der Waals surface area (Å²) in [6.45, 7) is 7.43. The third-order valence-electron chi connectivity index (χ3n) is 4.16. The Kier molecular flexibility index (Phi) is 4.46. The van der Waals surface area contributed by atoms with Gasteiger partial charge in [0.25, 0.3) is 5.91 Å². The molecule has 0 saturated carbocycles. The third kappa shape index (κ3) is 3.28. The van der Waals surface area contributed by atoms with Crippen molar-refractivity contribution in [1.82, 2.24) is 5.32 Å². The summed E-state index contributed by atoms with van der Waals surface area (Å²) in [5.74, 6) is 0.546. The summed E-state index contributed by atoms with van der Waals surface area (Å²) in [4.78, 5) is 12.2. The zero-order valence-electron chi connectivity index (χ0n) is 12.1. The van der Waals surface area contributed by atoms with E-state index < -0.39 is 0 Å². The first-order valence-electron chi connectivity index (χ1n) is 7.29. The Hall–Kier alpha value is -1.51. The van der Waals surface area contributed by atoms with Gasteiger partial charge in [-0.25, -0.2) is 0 Å². The van der Waals surface area contributed by atoms with E-state index in [0.29, 0.717) is 5.92 Å². The van der Waals surface area contributed by atoms with Crippen LogP contribution in [0.4, 0.5) is 5.69 Å². The lowest BCUT2D eigenvalue weighted by atomic mass is 9.98. The molecule has 0 radical (unpaired) electrons. The molecule has 1 heterocycles. The molecule has 0 bridgehead atoms. The van der Waals surface area contributed by atoms with Crippen LogP contribution >= 0.6 is 0 Å². The fourth-order valence-electron chi connectivity index (χ4n) is 2.40. The van der Waals surface area contributed by atoms with Crippen molar-refractivity contribution >= 4 is 11.6 Å². The maximum Gasteiger partial charge on any atom is 0.251 e. The van der Waals surface area contributed by atoms with Crippen LogP contribution in [0.2, 0.25) is 0 Å². The highest BCUT2D eigenvalue weighted by Gasteiger charge is 2.16. The maximum absolute atomic E-state index is 12.2. The average Bonchev–Trinajstić information content (AvgIpc) is 2.45. The minimum absolute atomic E-state index is 0.0428. The quantitative estimate of drug-likeness (QED) is 0.872. The van der Waals surface area contributed by atoms with Crippen LogP contribution in [-0.2, 0) is 6.42 Å². The zero-order chi connectivity index (χ0) is 13.8. The molecule has 2 N–H and O–H groups in total. The molecule has 2 atom stereocenters. The molecule has 3 heteroatoms. The third-order valence-corrected chi connectivity index (χ3v) is 4.16. The summed E-state index contributed by atoms with van der Waals surface area (Å²) in [7, 11) is 0. The number of hydrogen-bond donors (Lipinski definition) is 2. The van der Waals surface area contributed by atoms with Crippen molar-refractivity contribution in [3.05, 3.63) is 29.3 Å². The van der Waals surface area contributed by atoms with Gasteiger partial charge in [0.1, 0.15) is 0 Å². The van der Waals surface area contributed by atoms with Gasteiger partial charge in [-0.1, -0.05) is 20.3 Å². The average molecular weight is 260 g/mol. The first-order chi connectivity index (χ1) is 9.11. The van der Waals surface area contributed by atoms with E-state index in [-0.39, 0.29) is 11.9 Å². The maximum atomic E-state index is 12.2. The SMILES string of the molecule is CCC(C)C(C)NC(=O)c1ccc2c(c1)CCCN2. The standard InChI is InChI=1S/C16H24N2O/c1-4-11(2)12(3)18-16(19)14-7-8-15-13(10-14)6-5-9-17-15/h7-8,10-12,17H,4-6,9H2,1-3H3,(H,18,19). The number of carbonyl (C=O) groups is 1. The van der Waals surface area contributed by atoms with E-state index in [9.17, 15) is 4.79 Å². The number of anilines is 1. The first kappa shape index (κ1) is 13.9. The van der Waals surface area contributed by atoms with Crippen molar-refractivity contribution in [2.75, 3.05) is 11.9 Å². The molecular formula is C16H24N2O. The van der Waals surface area contributed by atoms with E-state index in [1.54, 1.807) is 0 Å². The second kappa shape index (κ2) is 6.09. The molecule has 2 rings (SSSR count). The van der Waals surface area contributed by atoms with Crippen molar-refractivity contribution < 1.29 is 4.79 Å². The van der Waals surface area contributed by atoms with Gasteiger partial charge < -0.3 is 10.6 Å². The molecule has 1 amide bonds. The van der Waals surface area contributed by atoms with Crippen LogP contribution in [0.1, 0.15) is 49.5 Å². The molecule has 3 nitrogen and oxygen atoms in total. The van der Waals surface area contributed by atoms with Gasteiger partial charge >= 0.3 is 0 Å². The summed E-state index contributed by atoms with van der Waals surface area (Å²) >= 11 is 0. The van der Waals surface area contributed by atoms with Crippen molar-refractivity contribution in [3.8, 4) is 0 Å². The van der Waals surface area contributed by atoms with Gasteiger partial charge in [0.05, 0.1) is 0 Å². The molecule has 1 aliphatic rings. The van der Waals surface area contributed by atoms with Crippen LogP contribution in [0.15, 0.2) is 18.2 Å². The summed E-state index contributed by atoms with van der Waals surface area (Å²) < 4.78 is 0. The molecule has 0 aromatic heterocycles. The molecule has 1 aliphatic heterocycles. The van der Waals surface area contributed by atoms with E-state index >= 15 is 0 Å². The van der Waals surface area contributed by atoms with Crippen LogP contribution in [0, 0.1) is 5.92 Å². The smallest absolute Gasteiger partial charge is 0.251 e. The number of rotatable bonds is 4. The van der Waals surface area contributed by atoms with Gasteiger partial charge in [0.2, 0.25) is 0 Å². The predicted molar refractivity (Wildman–Crippen MR) is 79.6 cm³/mol. The molecule has 0 saturated heterocycles. The minimum Gasteiger partial charge on any atom is -0.385 e. The molecule has 104 valence electrons. The fourth-order valence-corrected chi connectivity index (χ4v) is 2.40. The number of hydrogen-bond acceptors (Lipinski definition) is 2. The molecule has 2 unspecified atom stereocenters. The Morgan fingerprint density at radius 2 is 2.21 bits per heavy atom. The number of fused-ring (bicyclic) bond motifs is 1. The van der Waals surface area contributed by atoms with Crippen LogP contribution < -0.4 is 10.6 Å². The highest BCUT2D eigenvalue weighted by atomic mass is 16.1. The van der Waals surface area contributed by atoms with Gasteiger partial charge in [-0.05, 0) is 49.4 Å². The summed E-state index contributed by atoms with van der Waals surface area (Å²) in [5, 5.41) is 6.46. The highest BCUT2D eigenvalue weighted by Crippen LogP contribution is 2.23. The topological polar surface area (TPSA) is 41.1 Å². The lowest BCUT2D eigenvalue weighted by molar-refractivity contribution is 0.0928. The predicted octanol–water partition coefficient (Wildman–Crippen LogP) is 3.21. The lowest BCUT2D eigenvalue weighted by Crippen LogP contribution is -2.37. The van der Waals surface area contributed by atoms with Crippen LogP contribution in [-0.4, -0.2) is 18.5 Å². The Morgan fingerprint density at radius 1 is 1.42 bits per heavy atom. The van der Waals surface area contributed by atoms with E-state index in [0.717, 1.165) is 31.4 Å². The van der Waals surface area contributed by atoms with Gasteiger partial charge in [0, 0.05) is 23.8 Å². The minimum atomic E-state index is 0.0428. The van der Waals surface area contributed by atoms with Gasteiger partial charge in [0.15, 0.2) is 0 Å². The summed E-state index contributed by atoms with van der Waals surface area (Å²) in [6, 6.07) is 6.18. The summed E-state index contributed by atoms with van der Waals surface area (Å²) in [6.07, 6.45) is 3.28. The van der Waals surface area contributed by atoms with Crippen molar-refractivity contribution in [1.29, 1.82) is 0 Å². The lowest BCUT2D eigenvalue weighted by Gasteiger charge is -2.21. The fraction of sp³-hybridized carbons (Fsp3) is 0.562. The second-order valence-electron chi connectivity index (χ2n) is 5.55. The van der Waals surface area contributed by atoms with Crippen molar-refractivity contribution in [2.24, 2.45) is 5.92 Å². The number of aryl methyl sites for hydroxylation is 1. The van der Waals surface area contributed by atoms with Gasteiger partial charge in [-0.3, -0.25) is 4.79 Å². The van der Waals surface area contributed by atoms with Crippen LogP contribution in [0.5, 0.6) is 0 Å². The molecule has 1 aromatic rings. The Labute approximate surface area is 115 Å². The van der Waals surface area contributed by atoms with Crippen molar-refractivity contribution in [2.45, 2.75) is 46.1 Å². The van der Waals surface area contributed by atoms with Crippen molar-refractivity contribution in [3.63, 3.8) is 0 Å². The van der Waals surface area contributed by atoms with E-state index in [1.807, 2.05) is 18.2 Å². The molecule has 0 aliphatic carbocycles. The number of nitrogens with one attached hydrogen (secondary N) is 2. The van der Waals surface area contributed by atoms with E-state index in [4.69, 9.17) is 0 Å². The Bertz CT molecular complexity index is 456. The number of benzene rings is 1. The Morgan fingerprint density at radius 3 is 2.95 bits per heavy atom. The Balaban J connectivity index is 2.07. The second-order valence-corrected chi connectivity index (χ2v) is 5.55. The monoisotopic (exact) mass is 260 g/mol. The number of amides is 1. The normalized spacial score (nSPS) is 17.0. The largest absolute Gasteiger partial charge is 0.385 e. The van der Waals surface area contributed by atoms with Gasteiger partial charge in [-0.15, -0.1) is 0 Å². The molecule has 0 spiro atoms. The first-order valence-corrected chi connectivity index (χ1v) is 7.29. The van der Waals surface area contributed by atoms with E-state index in [2.05, 4.69) is 31.4 Å². The summed E-state index contributed by atoms with van der Waals surface area (Å²) in [5.41, 5.74) is 3.21. The molecule has 1 aromatic carbocycles. The highest BCUT2D eigenvalue weighted by molar-refractivity contribution is 5.95. The molecule has 0 fully saturated rings. The number of carbonyl (C=O) groups excluding carboxylic acids is 1. The van der Waals surface area contributed by atoms with Crippen LogP contribution in [0.3, 0.4) is 0 Å². The zero-order valence-corrected chi connectivity index (χ0v) is 12.1. The molecule has 19 heavy (non-hydrogen) atoms. The van der Waals surface area contributed by atoms with Gasteiger partial charge in [-0.2, -0.15) is 0 Å². The van der Waals surface area contributed by atoms with Crippen LogP contribution in [0.25, 0.3) is 0 Å². The van der Waals surface area contributed by atoms with E-state index in [1.165, 1.54) is 11.3 Å². The molecular weight excluding hydrogens is 236 g/mol.